The first-order chi connectivity index (χ1) is 14.8. The minimum atomic E-state index is -3.50. The predicted octanol–water partition coefficient (Wildman–Crippen LogP) is 3.35. The molecule has 2 aromatic carbocycles. The zero-order chi connectivity index (χ0) is 22.0. The van der Waals surface area contributed by atoms with Gasteiger partial charge in [-0.05, 0) is 62.6 Å². The molecule has 162 valence electrons. The fourth-order valence-corrected chi connectivity index (χ4v) is 5.31. The third kappa shape index (κ3) is 4.60. The number of benzene rings is 2. The number of hydrogen-bond donors (Lipinski definition) is 1. The highest BCUT2D eigenvalue weighted by atomic mass is 32.2. The van der Waals surface area contributed by atoms with Gasteiger partial charge >= 0.3 is 0 Å². The summed E-state index contributed by atoms with van der Waals surface area (Å²) in [4.78, 5) is 21.9. The van der Waals surface area contributed by atoms with Crippen molar-refractivity contribution in [3.8, 4) is 0 Å². The van der Waals surface area contributed by atoms with Crippen LogP contribution in [0.4, 0.5) is 0 Å². The van der Waals surface area contributed by atoms with Gasteiger partial charge in [0, 0.05) is 25.2 Å². The first kappa shape index (κ1) is 21.4. The summed E-state index contributed by atoms with van der Waals surface area (Å²) in [5, 5.41) is 2.87. The summed E-state index contributed by atoms with van der Waals surface area (Å²) >= 11 is 0. The summed E-state index contributed by atoms with van der Waals surface area (Å²) in [6, 6.07) is 12.0. The van der Waals surface area contributed by atoms with Crippen molar-refractivity contribution in [2.24, 2.45) is 0 Å². The van der Waals surface area contributed by atoms with Crippen LogP contribution >= 0.6 is 0 Å². The number of rotatable bonds is 5. The molecule has 0 radical (unpaired) electrons. The molecule has 7 nitrogen and oxygen atoms in total. The van der Waals surface area contributed by atoms with Crippen LogP contribution in [0.5, 0.6) is 0 Å². The Labute approximate surface area is 182 Å². The summed E-state index contributed by atoms with van der Waals surface area (Å²) in [6.45, 7) is 5.15. The third-order valence-corrected chi connectivity index (χ3v) is 7.54. The lowest BCUT2D eigenvalue weighted by molar-refractivity contribution is 0.0951. The number of aryl methyl sites for hydroxylation is 2. The number of fused-ring (bicyclic) bond motifs is 1. The fourth-order valence-electron chi connectivity index (χ4n) is 3.73. The van der Waals surface area contributed by atoms with Crippen molar-refractivity contribution in [2.45, 2.75) is 44.6 Å². The number of nitrogens with zero attached hydrogens (tertiary/aromatic N) is 3. The molecule has 3 aromatic rings. The van der Waals surface area contributed by atoms with E-state index in [1.807, 2.05) is 19.9 Å². The molecule has 1 N–H and O–H groups in total. The van der Waals surface area contributed by atoms with Crippen LogP contribution in [-0.4, -0.2) is 41.7 Å². The normalized spacial score (nSPS) is 15.2. The Hall–Kier alpha value is -2.84. The van der Waals surface area contributed by atoms with E-state index >= 15 is 0 Å². The van der Waals surface area contributed by atoms with E-state index in [0.717, 1.165) is 41.7 Å². The van der Waals surface area contributed by atoms with Crippen LogP contribution in [0, 0.1) is 13.8 Å². The lowest BCUT2D eigenvalue weighted by atomic mass is 10.1. The van der Waals surface area contributed by atoms with Gasteiger partial charge < -0.3 is 5.32 Å². The van der Waals surface area contributed by atoms with Gasteiger partial charge in [-0.25, -0.2) is 18.4 Å². The van der Waals surface area contributed by atoms with Crippen LogP contribution < -0.4 is 5.32 Å². The molecule has 0 saturated carbocycles. The molecule has 0 aliphatic carbocycles. The minimum absolute atomic E-state index is 0.235. The van der Waals surface area contributed by atoms with Gasteiger partial charge in [0.2, 0.25) is 10.0 Å². The Kier molecular flexibility index (Phi) is 6.02. The highest BCUT2D eigenvalue weighted by molar-refractivity contribution is 7.89. The van der Waals surface area contributed by atoms with E-state index in [-0.39, 0.29) is 17.3 Å². The zero-order valence-corrected chi connectivity index (χ0v) is 18.6. The Bertz CT molecular complexity index is 1230. The van der Waals surface area contributed by atoms with E-state index in [4.69, 9.17) is 0 Å². The van der Waals surface area contributed by atoms with Crippen molar-refractivity contribution >= 4 is 27.0 Å². The molecule has 8 heteroatoms. The molecular formula is C23H26N4O3S. The van der Waals surface area contributed by atoms with Gasteiger partial charge in [0.1, 0.15) is 0 Å². The second-order valence-electron chi connectivity index (χ2n) is 7.89. The number of hydrogen-bond acceptors (Lipinski definition) is 5. The fraction of sp³-hybridized carbons (Fsp3) is 0.348. The molecule has 1 fully saturated rings. The number of carbonyl (C=O) groups is 1. The van der Waals surface area contributed by atoms with Crippen molar-refractivity contribution in [3.05, 3.63) is 65.0 Å². The second kappa shape index (κ2) is 8.72. The largest absolute Gasteiger partial charge is 0.348 e. The maximum Gasteiger partial charge on any atom is 0.251 e. The van der Waals surface area contributed by atoms with Crippen LogP contribution in [0.1, 0.15) is 46.6 Å². The number of piperidine rings is 1. The van der Waals surface area contributed by atoms with E-state index in [0.29, 0.717) is 24.2 Å². The van der Waals surface area contributed by atoms with Gasteiger partial charge in [0.15, 0.2) is 0 Å². The first-order valence-corrected chi connectivity index (χ1v) is 11.9. The molecule has 0 atom stereocenters. The number of amides is 1. The van der Waals surface area contributed by atoms with E-state index in [1.54, 1.807) is 40.7 Å². The van der Waals surface area contributed by atoms with Crippen molar-refractivity contribution < 1.29 is 13.2 Å². The third-order valence-electron chi connectivity index (χ3n) is 5.64. The van der Waals surface area contributed by atoms with Crippen LogP contribution in [0.2, 0.25) is 0 Å². The highest BCUT2D eigenvalue weighted by Crippen LogP contribution is 2.21. The van der Waals surface area contributed by atoms with Gasteiger partial charge in [-0.2, -0.15) is 4.31 Å². The van der Waals surface area contributed by atoms with Crippen molar-refractivity contribution in [3.63, 3.8) is 0 Å². The summed E-state index contributed by atoms with van der Waals surface area (Å²) in [6.07, 6.45) is 2.85. The number of nitrogens with one attached hydrogen (secondary N) is 1. The van der Waals surface area contributed by atoms with Crippen molar-refractivity contribution in [1.82, 2.24) is 19.6 Å². The first-order valence-electron chi connectivity index (χ1n) is 10.5. The van der Waals surface area contributed by atoms with Gasteiger partial charge in [0.05, 0.1) is 27.3 Å². The van der Waals surface area contributed by atoms with E-state index in [9.17, 15) is 13.2 Å². The SMILES string of the molecule is Cc1nc2ccc(C(=O)NCc3cccc(S(=O)(=O)N4CCCCC4)c3)cc2nc1C. The molecule has 1 aliphatic rings. The average molecular weight is 439 g/mol. The van der Waals surface area contributed by atoms with Gasteiger partial charge in [0.25, 0.3) is 5.91 Å². The summed E-state index contributed by atoms with van der Waals surface area (Å²) in [5.74, 6) is -0.244. The van der Waals surface area contributed by atoms with Crippen molar-refractivity contribution in [2.75, 3.05) is 13.1 Å². The van der Waals surface area contributed by atoms with E-state index in [1.165, 1.54) is 0 Å². The monoisotopic (exact) mass is 438 g/mol. The Morgan fingerprint density at radius 2 is 1.68 bits per heavy atom. The summed E-state index contributed by atoms with van der Waals surface area (Å²) in [7, 11) is -3.50. The van der Waals surface area contributed by atoms with Crippen LogP contribution in [0.25, 0.3) is 11.0 Å². The molecule has 1 saturated heterocycles. The molecule has 4 rings (SSSR count). The molecular weight excluding hydrogens is 412 g/mol. The average Bonchev–Trinajstić information content (AvgIpc) is 2.78. The predicted molar refractivity (Wildman–Crippen MR) is 119 cm³/mol. The van der Waals surface area contributed by atoms with Gasteiger partial charge in [-0.15, -0.1) is 0 Å². The summed E-state index contributed by atoms with van der Waals surface area (Å²) in [5.41, 5.74) is 4.34. The number of sulfonamides is 1. The molecule has 2 heterocycles. The van der Waals surface area contributed by atoms with Crippen molar-refractivity contribution in [1.29, 1.82) is 0 Å². The smallest absolute Gasteiger partial charge is 0.251 e. The van der Waals surface area contributed by atoms with Crippen LogP contribution in [0.3, 0.4) is 0 Å². The molecule has 1 amide bonds. The Morgan fingerprint density at radius 1 is 0.968 bits per heavy atom. The minimum Gasteiger partial charge on any atom is -0.348 e. The maximum absolute atomic E-state index is 12.9. The molecule has 31 heavy (non-hydrogen) atoms. The Morgan fingerprint density at radius 3 is 2.42 bits per heavy atom. The second-order valence-corrected chi connectivity index (χ2v) is 9.83. The van der Waals surface area contributed by atoms with Gasteiger partial charge in [-0.3, -0.25) is 4.79 Å². The molecule has 1 aliphatic heterocycles. The van der Waals surface area contributed by atoms with E-state index in [2.05, 4.69) is 15.3 Å². The molecule has 0 unspecified atom stereocenters. The standard InChI is InChI=1S/C23H26N4O3S/c1-16-17(2)26-22-14-19(9-10-21(22)25-16)23(28)24-15-18-7-6-8-20(13-18)31(29,30)27-11-4-3-5-12-27/h6-10,13-14H,3-5,11-12,15H2,1-2H3,(H,24,28). The summed E-state index contributed by atoms with van der Waals surface area (Å²) < 4.78 is 27.4. The zero-order valence-electron chi connectivity index (χ0n) is 17.8. The Balaban J connectivity index is 1.48. The number of aromatic nitrogens is 2. The quantitative estimate of drug-likeness (QED) is 0.660. The molecule has 0 spiro atoms. The van der Waals surface area contributed by atoms with Crippen LogP contribution in [0.15, 0.2) is 47.4 Å². The van der Waals surface area contributed by atoms with E-state index < -0.39 is 10.0 Å². The molecule has 0 bridgehead atoms. The van der Waals surface area contributed by atoms with Gasteiger partial charge in [-0.1, -0.05) is 18.6 Å². The maximum atomic E-state index is 12.9. The number of carbonyl (C=O) groups excluding carboxylic acids is 1. The lowest BCUT2D eigenvalue weighted by Crippen LogP contribution is -2.35. The topological polar surface area (TPSA) is 92.3 Å². The molecule has 1 aromatic heterocycles. The van der Waals surface area contributed by atoms with Crippen LogP contribution in [-0.2, 0) is 16.6 Å². The lowest BCUT2D eigenvalue weighted by Gasteiger charge is -2.26. The highest BCUT2D eigenvalue weighted by Gasteiger charge is 2.26.